The second-order valence-electron chi connectivity index (χ2n) is 14.8. The van der Waals surface area contributed by atoms with Crippen molar-refractivity contribution in [3.63, 3.8) is 0 Å². The lowest BCUT2D eigenvalue weighted by Gasteiger charge is -2.32. The highest BCUT2D eigenvalue weighted by molar-refractivity contribution is 5.87. The normalized spacial score (nSPS) is 13.5. The van der Waals surface area contributed by atoms with Crippen molar-refractivity contribution in [2.45, 2.75) is 89.9 Å². The van der Waals surface area contributed by atoms with Crippen molar-refractivity contribution in [2.75, 3.05) is 39.6 Å². The largest absolute Gasteiger partial charge is 0.491 e. The quantitative estimate of drug-likeness (QED) is 0.0238. The number of aliphatic hydroxyl groups excluding tert-OH is 3. The van der Waals surface area contributed by atoms with Gasteiger partial charge in [0.25, 0.3) is 0 Å². The summed E-state index contributed by atoms with van der Waals surface area (Å²) in [7, 11) is 0. The molecule has 3 rings (SSSR count). The summed E-state index contributed by atoms with van der Waals surface area (Å²) in [6.45, 7) is 18.3. The van der Waals surface area contributed by atoms with Crippen LogP contribution < -0.4 is 14.2 Å². The lowest BCUT2D eigenvalue weighted by molar-refractivity contribution is -0.140. The van der Waals surface area contributed by atoms with Gasteiger partial charge in [0.15, 0.2) is 0 Å². The minimum atomic E-state index is -0.745. The fourth-order valence-corrected chi connectivity index (χ4v) is 5.80. The Hall–Kier alpha value is -5.43. The maximum absolute atomic E-state index is 11.6. The minimum absolute atomic E-state index is 0.0717. The maximum atomic E-state index is 11.6. The van der Waals surface area contributed by atoms with E-state index >= 15 is 0 Å². The predicted molar refractivity (Wildman–Crippen MR) is 224 cm³/mol. The molecule has 0 fully saturated rings. The van der Waals surface area contributed by atoms with Gasteiger partial charge in [0.1, 0.15) is 37.1 Å². The summed E-state index contributed by atoms with van der Waals surface area (Å²) < 4.78 is 33.0. The van der Waals surface area contributed by atoms with E-state index in [0.29, 0.717) is 72.5 Å². The van der Waals surface area contributed by atoms with Crippen LogP contribution in [0, 0.1) is 0 Å². The molecular weight excluding hydrogens is 757 g/mol. The van der Waals surface area contributed by atoms with Gasteiger partial charge >= 0.3 is 17.9 Å². The summed E-state index contributed by atoms with van der Waals surface area (Å²) in [6, 6.07) is 23.0. The molecule has 3 N–H and O–H groups in total. The zero-order valence-electron chi connectivity index (χ0n) is 34.8. The van der Waals surface area contributed by atoms with Crippen LogP contribution in [0.2, 0.25) is 0 Å². The molecule has 12 heteroatoms. The highest BCUT2D eigenvalue weighted by atomic mass is 16.5. The summed E-state index contributed by atoms with van der Waals surface area (Å²) in [5.41, 5.74) is 3.18. The maximum Gasteiger partial charge on any atom is 0.333 e. The lowest BCUT2D eigenvalue weighted by Crippen LogP contribution is -2.25. The smallest absolute Gasteiger partial charge is 0.333 e. The Morgan fingerprint density at radius 3 is 0.949 bits per heavy atom. The fourth-order valence-electron chi connectivity index (χ4n) is 5.80. The Morgan fingerprint density at radius 2 is 0.729 bits per heavy atom. The summed E-state index contributed by atoms with van der Waals surface area (Å²) in [5.74, 6) is 0.376. The Balaban J connectivity index is 1.70. The van der Waals surface area contributed by atoms with Gasteiger partial charge in [-0.15, -0.1) is 0 Å². The molecule has 12 nitrogen and oxygen atoms in total. The van der Waals surface area contributed by atoms with E-state index in [0.717, 1.165) is 16.7 Å². The van der Waals surface area contributed by atoms with Gasteiger partial charge in [-0.2, -0.15) is 0 Å². The molecule has 3 unspecified atom stereocenters. The zero-order chi connectivity index (χ0) is 43.4. The van der Waals surface area contributed by atoms with E-state index in [9.17, 15) is 29.7 Å². The van der Waals surface area contributed by atoms with Crippen LogP contribution in [0.15, 0.2) is 109 Å². The Kier molecular flexibility index (Phi) is 19.9. The number of hydrogen-bond donors (Lipinski definition) is 3. The molecule has 0 heterocycles. The van der Waals surface area contributed by atoms with Crippen LogP contribution in [0.4, 0.5) is 0 Å². The van der Waals surface area contributed by atoms with Gasteiger partial charge in [-0.1, -0.05) is 56.1 Å². The van der Waals surface area contributed by atoms with E-state index in [1.807, 2.05) is 72.8 Å². The Morgan fingerprint density at radius 1 is 0.492 bits per heavy atom. The average Bonchev–Trinajstić information content (AvgIpc) is 3.23. The number of esters is 3. The lowest BCUT2D eigenvalue weighted by atomic mass is 9.71. The standard InChI is InChI=1S/C47H60O12/c1-32(2)44(51)54-26-8-11-38(48)29-57-41-20-14-35(15-21-41)47(7,36-16-22-42(23-17-36)58-30-39(49)12-9-27-55-45(52)33(3)4)37-18-24-43(25-19-37)59-31-40(50)13-10-28-56-46(53)34(5)6/h14-25,38-40,48-50H,1,3,5,8-13,26-31H2,2,4,6-7H3. The molecule has 3 aromatic rings. The molecule has 3 atom stereocenters. The topological polar surface area (TPSA) is 167 Å². The first-order valence-electron chi connectivity index (χ1n) is 19.8. The van der Waals surface area contributed by atoms with Crippen LogP contribution in [-0.2, 0) is 34.0 Å². The molecule has 0 spiro atoms. The number of carbonyl (C=O) groups is 3. The molecule has 59 heavy (non-hydrogen) atoms. The van der Waals surface area contributed by atoms with E-state index in [-0.39, 0.29) is 39.6 Å². The molecule has 0 aliphatic heterocycles. The van der Waals surface area contributed by atoms with E-state index in [1.54, 1.807) is 20.8 Å². The van der Waals surface area contributed by atoms with E-state index in [2.05, 4.69) is 26.7 Å². The number of benzene rings is 3. The van der Waals surface area contributed by atoms with Crippen LogP contribution >= 0.6 is 0 Å². The molecule has 0 saturated carbocycles. The Labute approximate surface area is 348 Å². The average molecular weight is 817 g/mol. The third kappa shape index (κ3) is 16.4. The highest BCUT2D eigenvalue weighted by Crippen LogP contribution is 2.40. The van der Waals surface area contributed by atoms with Crippen molar-refractivity contribution in [1.29, 1.82) is 0 Å². The van der Waals surface area contributed by atoms with Crippen molar-refractivity contribution in [1.82, 2.24) is 0 Å². The predicted octanol–water partition coefficient (Wildman–Crippen LogP) is 6.96. The van der Waals surface area contributed by atoms with Gasteiger partial charge in [0.2, 0.25) is 0 Å². The van der Waals surface area contributed by atoms with Crippen LogP contribution in [0.3, 0.4) is 0 Å². The van der Waals surface area contributed by atoms with Crippen molar-refractivity contribution in [2.24, 2.45) is 0 Å². The SMILES string of the molecule is C=C(C)C(=O)OCCCC(O)COc1ccc(C(C)(c2ccc(OCC(O)CCCOC(=O)C(=C)C)cc2)c2ccc(OCC(O)CCCOC(=O)C(=C)C)cc2)cc1. The summed E-state index contributed by atoms with van der Waals surface area (Å²) in [6.07, 6.45) is 0.419. The number of carbonyl (C=O) groups excluding carboxylic acids is 3. The first-order chi connectivity index (χ1) is 28.1. The summed E-state index contributed by atoms with van der Waals surface area (Å²) in [5, 5.41) is 31.3. The van der Waals surface area contributed by atoms with E-state index in [1.165, 1.54) is 0 Å². The Bertz CT molecular complexity index is 1600. The molecule has 0 aliphatic rings. The van der Waals surface area contributed by atoms with Crippen molar-refractivity contribution >= 4 is 17.9 Å². The number of aliphatic hydroxyl groups is 3. The second-order valence-corrected chi connectivity index (χ2v) is 14.8. The van der Waals surface area contributed by atoms with Crippen molar-refractivity contribution < 1.29 is 58.1 Å². The molecule has 3 aromatic carbocycles. The second kappa shape index (κ2) is 24.5. The first-order valence-corrected chi connectivity index (χ1v) is 19.8. The van der Waals surface area contributed by atoms with Crippen molar-refractivity contribution in [3.05, 3.63) is 126 Å². The number of rotatable bonds is 27. The summed E-state index contributed by atoms with van der Waals surface area (Å²) >= 11 is 0. The van der Waals surface area contributed by atoms with Gasteiger partial charge in [0.05, 0.1) is 38.1 Å². The third-order valence-corrected chi connectivity index (χ3v) is 9.41. The van der Waals surface area contributed by atoms with Gasteiger partial charge in [-0.25, -0.2) is 14.4 Å². The highest BCUT2D eigenvalue weighted by Gasteiger charge is 2.31. The monoisotopic (exact) mass is 816 g/mol. The van der Waals surface area contributed by atoms with Gasteiger partial charge < -0.3 is 43.7 Å². The molecular formula is C47H60O12. The molecule has 0 bridgehead atoms. The summed E-state index contributed by atoms with van der Waals surface area (Å²) in [4.78, 5) is 34.7. The number of ether oxygens (including phenoxy) is 6. The van der Waals surface area contributed by atoms with Gasteiger partial charge in [-0.3, -0.25) is 0 Å². The van der Waals surface area contributed by atoms with Crippen LogP contribution in [-0.4, -0.2) is 91.2 Å². The van der Waals surface area contributed by atoms with Crippen LogP contribution in [0.1, 0.15) is 82.9 Å². The molecule has 0 aliphatic carbocycles. The number of hydrogen-bond acceptors (Lipinski definition) is 12. The van der Waals surface area contributed by atoms with Gasteiger partial charge in [0, 0.05) is 22.1 Å². The molecule has 0 saturated heterocycles. The third-order valence-electron chi connectivity index (χ3n) is 9.41. The van der Waals surface area contributed by atoms with E-state index < -0.39 is 41.6 Å². The molecule has 0 radical (unpaired) electrons. The van der Waals surface area contributed by atoms with Gasteiger partial charge in [-0.05, 0) is 119 Å². The van der Waals surface area contributed by atoms with Crippen molar-refractivity contribution in [3.8, 4) is 17.2 Å². The van der Waals surface area contributed by atoms with Crippen LogP contribution in [0.25, 0.3) is 0 Å². The minimum Gasteiger partial charge on any atom is -0.491 e. The van der Waals surface area contributed by atoms with E-state index in [4.69, 9.17) is 28.4 Å². The fraction of sp³-hybridized carbons (Fsp3) is 0.426. The first kappa shape index (κ1) is 47.9. The molecule has 0 aromatic heterocycles. The molecule has 320 valence electrons. The molecule has 0 amide bonds. The van der Waals surface area contributed by atoms with Crippen LogP contribution in [0.5, 0.6) is 17.2 Å². The zero-order valence-corrected chi connectivity index (χ0v) is 34.8.